The number of ether oxygens (including phenoxy) is 1. The summed E-state index contributed by atoms with van der Waals surface area (Å²) in [5.74, 6) is 0.707. The van der Waals surface area contributed by atoms with Crippen molar-refractivity contribution in [1.29, 1.82) is 0 Å². The second kappa shape index (κ2) is 7.66. The van der Waals surface area contributed by atoms with Gasteiger partial charge in [0.1, 0.15) is 17.0 Å². The second-order valence-electron chi connectivity index (χ2n) is 9.43. The third-order valence-corrected chi connectivity index (χ3v) is 7.37. The average molecular weight is 434 g/mol. The van der Waals surface area contributed by atoms with Crippen LogP contribution in [-0.4, -0.2) is 47.2 Å². The van der Waals surface area contributed by atoms with E-state index >= 15 is 4.39 Å². The van der Waals surface area contributed by atoms with Crippen molar-refractivity contribution in [3.63, 3.8) is 0 Å². The molecular formula is C25H28FN5O. The first-order chi connectivity index (χ1) is 15.6. The Balaban J connectivity index is 1.52. The molecule has 3 aliphatic rings. The summed E-state index contributed by atoms with van der Waals surface area (Å²) in [5, 5.41) is 4.28. The van der Waals surface area contributed by atoms with Crippen molar-refractivity contribution in [2.75, 3.05) is 25.1 Å². The molecular weight excluding hydrogens is 405 g/mol. The highest BCUT2D eigenvalue weighted by Crippen LogP contribution is 2.40. The van der Waals surface area contributed by atoms with Gasteiger partial charge in [-0.25, -0.2) is 4.39 Å². The number of methoxy groups -OCH3 is 1. The van der Waals surface area contributed by atoms with Crippen molar-refractivity contribution in [3.05, 3.63) is 41.3 Å². The molecule has 3 atom stereocenters. The Bertz CT molecular complexity index is 1190. The van der Waals surface area contributed by atoms with Gasteiger partial charge in [0.05, 0.1) is 12.5 Å². The fraction of sp³-hybridized carbons (Fsp3) is 0.480. The molecule has 2 saturated heterocycles. The summed E-state index contributed by atoms with van der Waals surface area (Å²) in [4.78, 5) is 15.9. The monoisotopic (exact) mass is 433 g/mol. The molecule has 3 unspecified atom stereocenters. The van der Waals surface area contributed by atoms with Gasteiger partial charge < -0.3 is 15.0 Å². The zero-order chi connectivity index (χ0) is 21.8. The van der Waals surface area contributed by atoms with Crippen LogP contribution in [0.5, 0.6) is 6.01 Å². The largest absolute Gasteiger partial charge is 0.467 e. The molecule has 166 valence electrons. The van der Waals surface area contributed by atoms with E-state index in [9.17, 15) is 0 Å². The minimum Gasteiger partial charge on any atom is -0.467 e. The van der Waals surface area contributed by atoms with Crippen LogP contribution < -0.4 is 15.0 Å². The van der Waals surface area contributed by atoms with Crippen molar-refractivity contribution in [2.45, 2.75) is 57.0 Å². The number of nitrogens with zero attached hydrogens (tertiary/aromatic N) is 4. The molecule has 1 N–H and O–H groups in total. The zero-order valence-corrected chi connectivity index (χ0v) is 18.6. The van der Waals surface area contributed by atoms with Gasteiger partial charge in [-0.3, -0.25) is 4.98 Å². The Morgan fingerprint density at radius 2 is 1.94 bits per heavy atom. The lowest BCUT2D eigenvalue weighted by Gasteiger charge is -2.34. The van der Waals surface area contributed by atoms with Crippen molar-refractivity contribution < 1.29 is 9.13 Å². The Kier molecular flexibility index (Phi) is 4.75. The van der Waals surface area contributed by atoms with E-state index in [1.807, 2.05) is 12.1 Å². The number of rotatable bonds is 3. The Morgan fingerprint density at radius 1 is 1.12 bits per heavy atom. The number of halogens is 1. The predicted octanol–water partition coefficient (Wildman–Crippen LogP) is 4.22. The fourth-order valence-electron chi connectivity index (χ4n) is 5.87. The molecule has 32 heavy (non-hydrogen) atoms. The van der Waals surface area contributed by atoms with Crippen LogP contribution in [0.1, 0.15) is 49.7 Å². The highest BCUT2D eigenvalue weighted by Gasteiger charge is 2.34. The maximum Gasteiger partial charge on any atom is 0.318 e. The average Bonchev–Trinajstić information content (AvgIpc) is 3.16. The number of benzene rings is 1. The number of aromatic nitrogens is 3. The Morgan fingerprint density at radius 3 is 2.72 bits per heavy atom. The van der Waals surface area contributed by atoms with Gasteiger partial charge in [0, 0.05) is 36.9 Å². The highest BCUT2D eigenvalue weighted by atomic mass is 19.1. The van der Waals surface area contributed by atoms with Crippen LogP contribution in [0.15, 0.2) is 24.4 Å². The molecule has 1 aliphatic carbocycles. The lowest BCUT2D eigenvalue weighted by atomic mass is 9.80. The van der Waals surface area contributed by atoms with Crippen molar-refractivity contribution in [2.24, 2.45) is 0 Å². The molecule has 2 fully saturated rings. The van der Waals surface area contributed by atoms with Gasteiger partial charge in [-0.05, 0) is 49.1 Å². The van der Waals surface area contributed by atoms with Crippen LogP contribution in [0.3, 0.4) is 0 Å². The highest BCUT2D eigenvalue weighted by molar-refractivity contribution is 5.92. The first kappa shape index (κ1) is 19.9. The van der Waals surface area contributed by atoms with Crippen LogP contribution in [0.2, 0.25) is 0 Å². The van der Waals surface area contributed by atoms with Gasteiger partial charge in [0.25, 0.3) is 0 Å². The van der Waals surface area contributed by atoms with Gasteiger partial charge in [-0.2, -0.15) is 9.97 Å². The number of piperazine rings is 1. The number of hydrogen-bond donors (Lipinski definition) is 1. The molecule has 6 rings (SSSR count). The van der Waals surface area contributed by atoms with Crippen molar-refractivity contribution in [1.82, 2.24) is 20.3 Å². The lowest BCUT2D eigenvalue weighted by Crippen LogP contribution is -2.51. The summed E-state index contributed by atoms with van der Waals surface area (Å²) < 4.78 is 21.4. The van der Waals surface area contributed by atoms with Gasteiger partial charge in [-0.15, -0.1) is 0 Å². The molecule has 6 nitrogen and oxygen atoms in total. The van der Waals surface area contributed by atoms with E-state index in [2.05, 4.69) is 38.2 Å². The normalized spacial score (nSPS) is 24.6. The van der Waals surface area contributed by atoms with Crippen LogP contribution in [0.4, 0.5) is 10.2 Å². The van der Waals surface area contributed by atoms with Gasteiger partial charge in [0.2, 0.25) is 0 Å². The molecule has 0 amide bonds. The van der Waals surface area contributed by atoms with E-state index in [1.165, 1.54) is 24.7 Å². The minimum atomic E-state index is -0.395. The molecule has 4 heterocycles. The van der Waals surface area contributed by atoms with E-state index < -0.39 is 5.82 Å². The minimum absolute atomic E-state index is 0.192. The van der Waals surface area contributed by atoms with Crippen LogP contribution in [0.25, 0.3) is 22.2 Å². The van der Waals surface area contributed by atoms with E-state index in [0.29, 0.717) is 34.9 Å². The molecule has 0 spiro atoms. The molecule has 1 aromatic carbocycles. The Hall–Kier alpha value is -2.80. The van der Waals surface area contributed by atoms with Crippen LogP contribution >= 0.6 is 0 Å². The molecule has 3 aromatic rings. The third-order valence-electron chi connectivity index (χ3n) is 7.37. The molecule has 2 aromatic heterocycles. The summed E-state index contributed by atoms with van der Waals surface area (Å²) in [6.07, 6.45) is 7.40. The van der Waals surface area contributed by atoms with E-state index in [1.54, 1.807) is 6.20 Å². The van der Waals surface area contributed by atoms with Gasteiger partial charge in [0.15, 0.2) is 5.82 Å². The van der Waals surface area contributed by atoms with E-state index in [-0.39, 0.29) is 11.5 Å². The number of anilines is 1. The number of nitrogens with one attached hydrogen (secondary N) is 1. The summed E-state index contributed by atoms with van der Waals surface area (Å²) in [6, 6.07) is 7.25. The number of fused-ring (bicyclic) bond motifs is 4. The molecule has 2 aliphatic heterocycles. The smallest absolute Gasteiger partial charge is 0.318 e. The number of aryl methyl sites for hydroxylation is 1. The van der Waals surface area contributed by atoms with Crippen LogP contribution in [0, 0.1) is 5.82 Å². The van der Waals surface area contributed by atoms with E-state index in [4.69, 9.17) is 4.74 Å². The number of hydrogen-bond acceptors (Lipinski definition) is 6. The van der Waals surface area contributed by atoms with Gasteiger partial charge >= 0.3 is 6.01 Å². The number of pyridine rings is 1. The molecule has 0 radical (unpaired) electrons. The summed E-state index contributed by atoms with van der Waals surface area (Å²) in [6.45, 7) is 3.92. The first-order valence-corrected chi connectivity index (χ1v) is 11.7. The van der Waals surface area contributed by atoms with Crippen molar-refractivity contribution in [3.8, 4) is 17.3 Å². The first-order valence-electron chi connectivity index (χ1n) is 11.7. The quantitative estimate of drug-likeness (QED) is 0.667. The SMILES string of the molecule is COc1nc(N2CC3CCC(C2)N3)c2cnc(-c3cccc4c3C(C)CCC4)c(F)c2n1. The van der Waals surface area contributed by atoms with Crippen molar-refractivity contribution >= 4 is 16.7 Å². The van der Waals surface area contributed by atoms with Crippen LogP contribution in [-0.2, 0) is 6.42 Å². The molecule has 7 heteroatoms. The summed E-state index contributed by atoms with van der Waals surface area (Å²) in [5.41, 5.74) is 4.07. The summed E-state index contributed by atoms with van der Waals surface area (Å²) >= 11 is 0. The third kappa shape index (κ3) is 3.13. The van der Waals surface area contributed by atoms with E-state index in [0.717, 1.165) is 44.3 Å². The maximum atomic E-state index is 16.0. The molecule has 0 saturated carbocycles. The predicted molar refractivity (Wildman–Crippen MR) is 123 cm³/mol. The fourth-order valence-corrected chi connectivity index (χ4v) is 5.87. The lowest BCUT2D eigenvalue weighted by molar-refractivity contribution is 0.380. The summed E-state index contributed by atoms with van der Waals surface area (Å²) in [7, 11) is 1.53. The topological polar surface area (TPSA) is 63.2 Å². The van der Waals surface area contributed by atoms with Gasteiger partial charge in [-0.1, -0.05) is 25.1 Å². The maximum absolute atomic E-state index is 16.0. The standard InChI is InChI=1S/C25H28FN5O/c1-14-5-3-6-15-7-4-8-18(20(14)15)22-21(26)23-19(11-27-22)24(30-25(29-23)32-2)31-12-16-9-10-17(13-31)28-16/h4,7-8,11,14,16-17,28H,3,5-6,9-10,12-13H2,1-2H3. The second-order valence-corrected chi connectivity index (χ2v) is 9.43. The Labute approximate surface area is 187 Å². The zero-order valence-electron chi connectivity index (χ0n) is 18.6. The molecule has 2 bridgehead atoms.